The number of nitrogens with two attached hydrogens (primary N) is 1. The van der Waals surface area contributed by atoms with Crippen LogP contribution >= 0.6 is 0 Å². The molecular formula is C24H50N2O. The lowest BCUT2D eigenvalue weighted by molar-refractivity contribution is -0.123. The summed E-state index contributed by atoms with van der Waals surface area (Å²) in [6.07, 6.45) is 23.0. The van der Waals surface area contributed by atoms with Gasteiger partial charge in [-0.05, 0) is 19.5 Å². The molecule has 0 aromatic heterocycles. The molecule has 2 N–H and O–H groups in total. The molecule has 0 aliphatic heterocycles. The average Bonchev–Trinajstić information content (AvgIpc) is 2.66. The number of carbonyl (C=O) groups excluding carboxylic acids is 1. The smallest absolute Gasteiger partial charge is 0.234 e. The topological polar surface area (TPSA) is 46.3 Å². The summed E-state index contributed by atoms with van der Waals surface area (Å²) in [7, 11) is 0. The minimum atomic E-state index is -0.153. The van der Waals surface area contributed by atoms with Gasteiger partial charge < -0.3 is 5.73 Å². The summed E-state index contributed by atoms with van der Waals surface area (Å²) in [6.45, 7) is 8.30. The largest absolute Gasteiger partial charge is 0.368 e. The zero-order valence-electron chi connectivity index (χ0n) is 18.9. The van der Waals surface area contributed by atoms with Crippen molar-refractivity contribution in [3.8, 4) is 0 Å². The van der Waals surface area contributed by atoms with Crippen LogP contribution < -0.4 is 5.73 Å². The van der Waals surface area contributed by atoms with E-state index < -0.39 is 0 Å². The molecule has 1 amide bonds. The molecule has 0 rings (SSSR count). The van der Waals surface area contributed by atoms with Gasteiger partial charge in [0, 0.05) is 0 Å². The molecule has 0 bridgehead atoms. The molecule has 3 nitrogen and oxygen atoms in total. The Bertz CT molecular complexity index is 316. The molecule has 3 heteroatoms. The fourth-order valence-electron chi connectivity index (χ4n) is 4.05. The van der Waals surface area contributed by atoms with E-state index in [1.54, 1.807) is 0 Å². The van der Waals surface area contributed by atoms with Crippen molar-refractivity contribution in [2.75, 3.05) is 13.1 Å². The third-order valence-electron chi connectivity index (χ3n) is 5.91. The number of likely N-dealkylation sites (N-methyl/N-ethyl adjacent to an activating group) is 1. The Labute approximate surface area is 170 Å². The first-order valence-electron chi connectivity index (χ1n) is 12.2. The monoisotopic (exact) mass is 382 g/mol. The van der Waals surface area contributed by atoms with Crippen molar-refractivity contribution < 1.29 is 4.79 Å². The highest BCUT2D eigenvalue weighted by molar-refractivity contribution is 5.79. The molecule has 0 aromatic rings. The Morgan fingerprint density at radius 2 is 0.963 bits per heavy atom. The fourth-order valence-corrected chi connectivity index (χ4v) is 4.05. The number of rotatable bonds is 21. The van der Waals surface area contributed by atoms with E-state index in [1.165, 1.54) is 96.3 Å². The van der Waals surface area contributed by atoms with E-state index in [4.69, 9.17) is 5.73 Å². The number of hydrogen-bond acceptors (Lipinski definition) is 2. The Morgan fingerprint density at radius 3 is 1.26 bits per heavy atom. The normalized spacial score (nSPS) is 12.6. The van der Waals surface area contributed by atoms with Crippen molar-refractivity contribution in [2.45, 2.75) is 136 Å². The van der Waals surface area contributed by atoms with Gasteiger partial charge in [-0.25, -0.2) is 0 Å². The van der Waals surface area contributed by atoms with E-state index in [2.05, 4.69) is 25.7 Å². The van der Waals surface area contributed by atoms with Gasteiger partial charge in [-0.1, -0.05) is 124 Å². The molecule has 27 heavy (non-hydrogen) atoms. The highest BCUT2D eigenvalue weighted by Gasteiger charge is 2.20. The van der Waals surface area contributed by atoms with Gasteiger partial charge in [0.2, 0.25) is 5.91 Å². The minimum Gasteiger partial charge on any atom is -0.368 e. The Hall–Kier alpha value is -0.570. The molecule has 0 aromatic carbocycles. The van der Waals surface area contributed by atoms with Gasteiger partial charge in [0.15, 0.2) is 0 Å². The van der Waals surface area contributed by atoms with Gasteiger partial charge in [0.05, 0.1) is 6.04 Å². The lowest BCUT2D eigenvalue weighted by Gasteiger charge is -2.26. The quantitative estimate of drug-likeness (QED) is 0.221. The number of nitrogens with zero attached hydrogens (tertiary/aromatic N) is 1. The maximum Gasteiger partial charge on any atom is 0.234 e. The van der Waals surface area contributed by atoms with Gasteiger partial charge >= 0.3 is 0 Å². The van der Waals surface area contributed by atoms with Crippen LogP contribution in [0.1, 0.15) is 130 Å². The third-order valence-corrected chi connectivity index (χ3v) is 5.91. The summed E-state index contributed by atoms with van der Waals surface area (Å²) < 4.78 is 0. The van der Waals surface area contributed by atoms with E-state index in [0.717, 1.165) is 25.9 Å². The molecular weight excluding hydrogens is 332 g/mol. The number of primary amides is 1. The van der Waals surface area contributed by atoms with E-state index in [9.17, 15) is 4.79 Å². The molecule has 0 heterocycles. The average molecular weight is 383 g/mol. The first kappa shape index (κ1) is 26.4. The maximum atomic E-state index is 11.6. The molecule has 0 fully saturated rings. The zero-order chi connectivity index (χ0) is 20.2. The van der Waals surface area contributed by atoms with Gasteiger partial charge in [0.25, 0.3) is 0 Å². The van der Waals surface area contributed by atoms with Crippen molar-refractivity contribution in [1.82, 2.24) is 4.90 Å². The predicted molar refractivity (Wildman–Crippen MR) is 120 cm³/mol. The molecule has 0 aliphatic carbocycles. The van der Waals surface area contributed by atoms with Gasteiger partial charge in [0.1, 0.15) is 0 Å². The van der Waals surface area contributed by atoms with Crippen LogP contribution in [0.4, 0.5) is 0 Å². The fraction of sp³-hybridized carbons (Fsp3) is 0.958. The molecule has 1 unspecified atom stereocenters. The van der Waals surface area contributed by atoms with E-state index >= 15 is 0 Å². The van der Waals surface area contributed by atoms with Crippen molar-refractivity contribution in [3.63, 3.8) is 0 Å². The molecule has 0 aliphatic rings. The summed E-state index contributed by atoms with van der Waals surface area (Å²) in [5.41, 5.74) is 5.57. The van der Waals surface area contributed by atoms with Gasteiger partial charge in [-0.2, -0.15) is 0 Å². The standard InChI is InChI=1S/C24H50N2O/c1-4-7-8-9-10-11-12-13-14-15-16-17-18-19-20-21-22-23(24(25)27)26(5-2)6-3/h23H,4-22H2,1-3H3,(H2,25,27). The SMILES string of the molecule is CCCCCCCCCCCCCCCCCCC(C(N)=O)N(CC)CC. The van der Waals surface area contributed by atoms with Crippen LogP contribution in [0.15, 0.2) is 0 Å². The predicted octanol–water partition coefficient (Wildman–Crippen LogP) is 6.83. The van der Waals surface area contributed by atoms with Crippen LogP contribution in [-0.4, -0.2) is 29.9 Å². The summed E-state index contributed by atoms with van der Waals surface area (Å²) in [5.74, 6) is -0.153. The van der Waals surface area contributed by atoms with Crippen LogP contribution in [0, 0.1) is 0 Å². The Balaban J connectivity index is 3.36. The van der Waals surface area contributed by atoms with Crippen LogP contribution in [0.25, 0.3) is 0 Å². The number of hydrogen-bond donors (Lipinski definition) is 1. The summed E-state index contributed by atoms with van der Waals surface area (Å²) in [5, 5.41) is 0. The van der Waals surface area contributed by atoms with Crippen LogP contribution in [0.2, 0.25) is 0 Å². The lowest BCUT2D eigenvalue weighted by Crippen LogP contribution is -2.44. The van der Waals surface area contributed by atoms with Crippen LogP contribution in [0.3, 0.4) is 0 Å². The van der Waals surface area contributed by atoms with Crippen molar-refractivity contribution in [1.29, 1.82) is 0 Å². The molecule has 0 radical (unpaired) electrons. The van der Waals surface area contributed by atoms with Crippen molar-refractivity contribution in [3.05, 3.63) is 0 Å². The lowest BCUT2D eigenvalue weighted by atomic mass is 10.0. The third kappa shape index (κ3) is 16.1. The molecule has 0 spiro atoms. The summed E-state index contributed by atoms with van der Waals surface area (Å²) in [6, 6.07) is -0.0633. The molecule has 0 saturated carbocycles. The molecule has 1 atom stereocenters. The first-order chi connectivity index (χ1) is 13.2. The van der Waals surface area contributed by atoms with Gasteiger partial charge in [-0.15, -0.1) is 0 Å². The van der Waals surface area contributed by atoms with E-state index in [-0.39, 0.29) is 11.9 Å². The maximum absolute atomic E-state index is 11.6. The zero-order valence-corrected chi connectivity index (χ0v) is 18.9. The highest BCUT2D eigenvalue weighted by Crippen LogP contribution is 2.15. The molecule has 0 saturated heterocycles. The Morgan fingerprint density at radius 1 is 0.630 bits per heavy atom. The first-order valence-corrected chi connectivity index (χ1v) is 12.2. The summed E-state index contributed by atoms with van der Waals surface area (Å²) >= 11 is 0. The van der Waals surface area contributed by atoms with E-state index in [1.807, 2.05) is 0 Å². The summed E-state index contributed by atoms with van der Waals surface area (Å²) in [4.78, 5) is 13.8. The molecule has 162 valence electrons. The van der Waals surface area contributed by atoms with Crippen molar-refractivity contribution in [2.24, 2.45) is 5.73 Å². The highest BCUT2D eigenvalue weighted by atomic mass is 16.1. The van der Waals surface area contributed by atoms with Crippen LogP contribution in [-0.2, 0) is 4.79 Å². The Kier molecular flexibility index (Phi) is 19.7. The second-order valence-corrected chi connectivity index (χ2v) is 8.23. The second-order valence-electron chi connectivity index (χ2n) is 8.23. The van der Waals surface area contributed by atoms with E-state index in [0.29, 0.717) is 0 Å². The minimum absolute atomic E-state index is 0.0633. The second kappa shape index (κ2) is 20.2. The number of carbonyl (C=O) groups is 1. The number of amides is 1. The number of unbranched alkanes of at least 4 members (excludes halogenated alkanes) is 15. The van der Waals surface area contributed by atoms with Gasteiger partial charge in [-0.3, -0.25) is 9.69 Å². The van der Waals surface area contributed by atoms with Crippen molar-refractivity contribution >= 4 is 5.91 Å². The van der Waals surface area contributed by atoms with Crippen LogP contribution in [0.5, 0.6) is 0 Å².